The van der Waals surface area contributed by atoms with E-state index in [1.54, 1.807) is 36.3 Å². The first-order valence-electron chi connectivity index (χ1n) is 9.19. The second kappa shape index (κ2) is 9.77. The van der Waals surface area contributed by atoms with Crippen LogP contribution in [-0.4, -0.2) is 69.1 Å². The highest BCUT2D eigenvalue weighted by Crippen LogP contribution is 2.21. The van der Waals surface area contributed by atoms with E-state index in [-0.39, 0.29) is 30.2 Å². The van der Waals surface area contributed by atoms with Gasteiger partial charge in [0.25, 0.3) is 5.91 Å². The smallest absolute Gasteiger partial charge is 0.344 e. The van der Waals surface area contributed by atoms with Gasteiger partial charge >= 0.3 is 5.97 Å². The van der Waals surface area contributed by atoms with Gasteiger partial charge in [0.05, 0.1) is 18.6 Å². The van der Waals surface area contributed by atoms with E-state index in [0.29, 0.717) is 24.3 Å². The van der Waals surface area contributed by atoms with Crippen LogP contribution in [0, 0.1) is 0 Å². The molecular weight excluding hydrogens is 386 g/mol. The molecule has 1 heterocycles. The van der Waals surface area contributed by atoms with Crippen LogP contribution in [0.1, 0.15) is 26.7 Å². The van der Waals surface area contributed by atoms with Crippen molar-refractivity contribution in [2.24, 2.45) is 0 Å². The molecule has 0 bridgehead atoms. The monoisotopic (exact) mass is 413 g/mol. The fourth-order valence-corrected chi connectivity index (χ4v) is 4.78. The zero-order chi connectivity index (χ0) is 20.7. The van der Waals surface area contributed by atoms with Gasteiger partial charge in [0, 0.05) is 12.1 Å². The first-order valence-corrected chi connectivity index (χ1v) is 11.0. The maximum atomic E-state index is 12.6. The number of sulfone groups is 1. The minimum atomic E-state index is -3.12. The van der Waals surface area contributed by atoms with E-state index in [9.17, 15) is 18.0 Å². The number of amides is 1. The Labute approximate surface area is 165 Å². The number of rotatable bonds is 9. The van der Waals surface area contributed by atoms with Crippen LogP contribution in [0.5, 0.6) is 11.5 Å². The van der Waals surface area contributed by atoms with E-state index in [1.807, 2.05) is 13.8 Å². The summed E-state index contributed by atoms with van der Waals surface area (Å²) >= 11 is 0. The normalized spacial score (nSPS) is 18.9. The predicted octanol–water partition coefficient (Wildman–Crippen LogP) is 1.43. The van der Waals surface area contributed by atoms with Crippen molar-refractivity contribution in [1.82, 2.24) is 4.90 Å². The summed E-state index contributed by atoms with van der Waals surface area (Å²) < 4.78 is 38.9. The molecule has 1 aromatic carbocycles. The van der Waals surface area contributed by atoms with Crippen LogP contribution >= 0.6 is 0 Å². The molecule has 1 amide bonds. The zero-order valence-electron chi connectivity index (χ0n) is 16.4. The number of methoxy groups -OCH3 is 1. The maximum Gasteiger partial charge on any atom is 0.344 e. The lowest BCUT2D eigenvalue weighted by atomic mass is 10.1. The molecule has 0 spiro atoms. The van der Waals surface area contributed by atoms with Crippen LogP contribution in [0.4, 0.5) is 0 Å². The Bertz CT molecular complexity index is 776. The number of carbonyl (C=O) groups is 2. The molecule has 0 unspecified atom stereocenters. The Morgan fingerprint density at radius 2 is 1.82 bits per heavy atom. The molecule has 1 saturated heterocycles. The van der Waals surface area contributed by atoms with Gasteiger partial charge < -0.3 is 19.1 Å². The Morgan fingerprint density at radius 1 is 1.18 bits per heavy atom. The summed E-state index contributed by atoms with van der Waals surface area (Å²) in [5, 5.41) is 0. The van der Waals surface area contributed by atoms with Gasteiger partial charge in [-0.2, -0.15) is 0 Å². The number of ether oxygens (including phenoxy) is 3. The molecule has 0 saturated carbocycles. The summed E-state index contributed by atoms with van der Waals surface area (Å²) in [5.41, 5.74) is 0. The van der Waals surface area contributed by atoms with Crippen molar-refractivity contribution in [3.05, 3.63) is 24.3 Å². The van der Waals surface area contributed by atoms with Crippen LogP contribution < -0.4 is 9.47 Å². The number of carbonyl (C=O) groups excluding carboxylic acids is 2. The van der Waals surface area contributed by atoms with Gasteiger partial charge in [-0.1, -0.05) is 6.92 Å². The number of hydrogen-bond donors (Lipinski definition) is 0. The Morgan fingerprint density at radius 3 is 2.36 bits per heavy atom. The molecular formula is C19H27NO7S. The lowest BCUT2D eigenvalue weighted by molar-refractivity contribution is -0.155. The van der Waals surface area contributed by atoms with Gasteiger partial charge in [0.2, 0.25) is 0 Å². The minimum Gasteiger partial charge on any atom is -0.497 e. The molecule has 1 aliphatic heterocycles. The summed E-state index contributed by atoms with van der Waals surface area (Å²) in [6, 6.07) is 6.19. The molecule has 2 atom stereocenters. The summed E-state index contributed by atoms with van der Waals surface area (Å²) in [4.78, 5) is 26.0. The van der Waals surface area contributed by atoms with Crippen LogP contribution in [0.15, 0.2) is 24.3 Å². The fourth-order valence-electron chi connectivity index (χ4n) is 3.07. The molecule has 0 N–H and O–H groups in total. The Hall–Kier alpha value is -2.29. The lowest BCUT2D eigenvalue weighted by Gasteiger charge is -2.33. The van der Waals surface area contributed by atoms with Gasteiger partial charge in [0.1, 0.15) is 11.5 Å². The fraction of sp³-hybridized carbons (Fsp3) is 0.579. The zero-order valence-corrected chi connectivity index (χ0v) is 17.2. The molecule has 9 heteroatoms. The molecule has 156 valence electrons. The SMILES string of the molecule is CC[C@@H](C)N(C(=O)COC(=O)COc1ccc(OC)cc1)[C@@H]1CCS(=O)(=O)C1. The topological polar surface area (TPSA) is 99.2 Å². The molecule has 1 aromatic rings. The molecule has 8 nitrogen and oxygen atoms in total. The van der Waals surface area contributed by atoms with Crippen LogP contribution in [0.3, 0.4) is 0 Å². The third-order valence-corrected chi connectivity index (χ3v) is 6.48. The predicted molar refractivity (Wildman–Crippen MR) is 103 cm³/mol. The summed E-state index contributed by atoms with van der Waals surface area (Å²) in [7, 11) is -1.57. The van der Waals surface area contributed by atoms with E-state index in [1.165, 1.54) is 0 Å². The van der Waals surface area contributed by atoms with E-state index >= 15 is 0 Å². The molecule has 0 aliphatic carbocycles. The van der Waals surface area contributed by atoms with Crippen molar-refractivity contribution in [2.75, 3.05) is 31.8 Å². The Balaban J connectivity index is 1.86. The summed E-state index contributed by atoms with van der Waals surface area (Å²) in [6.45, 7) is 3.01. The van der Waals surface area contributed by atoms with Crippen molar-refractivity contribution in [3.63, 3.8) is 0 Å². The first kappa shape index (κ1) is 22.0. The highest BCUT2D eigenvalue weighted by Gasteiger charge is 2.36. The third-order valence-electron chi connectivity index (χ3n) is 4.73. The van der Waals surface area contributed by atoms with E-state index < -0.39 is 28.3 Å². The van der Waals surface area contributed by atoms with Gasteiger partial charge in [-0.05, 0) is 44.0 Å². The first-order chi connectivity index (χ1) is 13.3. The average Bonchev–Trinajstić information content (AvgIpc) is 3.04. The second-order valence-corrected chi connectivity index (χ2v) is 8.97. The van der Waals surface area contributed by atoms with Crippen molar-refractivity contribution >= 4 is 21.7 Å². The Kier molecular flexibility index (Phi) is 7.68. The van der Waals surface area contributed by atoms with E-state index in [2.05, 4.69) is 0 Å². The summed E-state index contributed by atoms with van der Waals surface area (Å²) in [5.74, 6) is 0.105. The van der Waals surface area contributed by atoms with Gasteiger partial charge in [0.15, 0.2) is 23.1 Å². The quantitative estimate of drug-likeness (QED) is 0.565. The van der Waals surface area contributed by atoms with Crippen molar-refractivity contribution in [1.29, 1.82) is 0 Å². The molecule has 2 rings (SSSR count). The molecule has 1 fully saturated rings. The van der Waals surface area contributed by atoms with Crippen LogP contribution in [0.2, 0.25) is 0 Å². The number of benzene rings is 1. The molecule has 0 radical (unpaired) electrons. The van der Waals surface area contributed by atoms with Crippen LogP contribution in [0.25, 0.3) is 0 Å². The van der Waals surface area contributed by atoms with Crippen molar-refractivity contribution in [2.45, 2.75) is 38.8 Å². The molecule has 1 aliphatic rings. The summed E-state index contributed by atoms with van der Waals surface area (Å²) in [6.07, 6.45) is 1.09. The van der Waals surface area contributed by atoms with Gasteiger partial charge in [-0.3, -0.25) is 4.79 Å². The minimum absolute atomic E-state index is 0.0440. The molecule has 0 aromatic heterocycles. The highest BCUT2D eigenvalue weighted by atomic mass is 32.2. The van der Waals surface area contributed by atoms with Crippen molar-refractivity contribution in [3.8, 4) is 11.5 Å². The largest absolute Gasteiger partial charge is 0.497 e. The standard InChI is InChI=1S/C19H27NO7S/c1-4-14(2)20(15-9-10-28(23,24)13-15)18(21)11-27-19(22)12-26-17-7-5-16(25-3)6-8-17/h5-8,14-15H,4,9-13H2,1-3H3/t14-,15-/m1/s1. The number of esters is 1. The number of nitrogens with zero attached hydrogens (tertiary/aromatic N) is 1. The van der Waals surface area contributed by atoms with Crippen LogP contribution in [-0.2, 0) is 24.2 Å². The lowest BCUT2D eigenvalue weighted by Crippen LogP contribution is -2.48. The van der Waals surface area contributed by atoms with Gasteiger partial charge in [-0.25, -0.2) is 13.2 Å². The maximum absolute atomic E-state index is 12.6. The number of hydrogen-bond acceptors (Lipinski definition) is 7. The van der Waals surface area contributed by atoms with E-state index in [4.69, 9.17) is 14.2 Å². The average molecular weight is 413 g/mol. The third kappa shape index (κ3) is 6.12. The second-order valence-electron chi connectivity index (χ2n) is 6.74. The molecule has 28 heavy (non-hydrogen) atoms. The van der Waals surface area contributed by atoms with Crippen molar-refractivity contribution < 1.29 is 32.2 Å². The van der Waals surface area contributed by atoms with E-state index in [0.717, 1.165) is 0 Å². The highest BCUT2D eigenvalue weighted by molar-refractivity contribution is 7.91. The van der Waals surface area contributed by atoms with Gasteiger partial charge in [-0.15, -0.1) is 0 Å².